The third-order valence-electron chi connectivity index (χ3n) is 2.42. The van der Waals surface area contributed by atoms with Crippen LogP contribution in [0.1, 0.15) is 30.6 Å². The van der Waals surface area contributed by atoms with Crippen LogP contribution in [-0.4, -0.2) is 23.1 Å². The van der Waals surface area contributed by atoms with Crippen molar-refractivity contribution in [3.63, 3.8) is 0 Å². The Bertz CT molecular complexity index is 419. The van der Waals surface area contributed by atoms with E-state index >= 15 is 0 Å². The van der Waals surface area contributed by atoms with Gasteiger partial charge in [-0.2, -0.15) is 0 Å². The minimum Gasteiger partial charge on any atom is -0.508 e. The largest absolute Gasteiger partial charge is 0.508 e. The van der Waals surface area contributed by atoms with Crippen LogP contribution in [0.25, 0.3) is 0 Å². The molecule has 0 aliphatic heterocycles. The van der Waals surface area contributed by atoms with Crippen molar-refractivity contribution in [2.75, 3.05) is 6.54 Å². The maximum Gasteiger partial charge on any atom is 0.254 e. The van der Waals surface area contributed by atoms with Crippen LogP contribution in [0, 0.1) is 5.82 Å². The first-order valence-electron chi connectivity index (χ1n) is 5.37. The predicted molar refractivity (Wildman–Crippen MR) is 63.3 cm³/mol. The summed E-state index contributed by atoms with van der Waals surface area (Å²) in [7, 11) is 0. The van der Waals surface area contributed by atoms with Crippen LogP contribution >= 0.6 is 0 Å². The summed E-state index contributed by atoms with van der Waals surface area (Å²) in [5.74, 6) is -1.47. The Balaban J connectivity index is 2.83. The molecule has 0 atom stereocenters. The molecular formula is C12H17FN2O2. The summed E-state index contributed by atoms with van der Waals surface area (Å²) in [6.45, 7) is 4.07. The molecule has 1 rings (SSSR count). The highest BCUT2D eigenvalue weighted by atomic mass is 19.1. The molecule has 94 valence electrons. The molecule has 1 amide bonds. The summed E-state index contributed by atoms with van der Waals surface area (Å²) in [5.41, 5.74) is 4.84. The van der Waals surface area contributed by atoms with Crippen molar-refractivity contribution in [1.82, 2.24) is 5.32 Å². The van der Waals surface area contributed by atoms with Gasteiger partial charge in [0.05, 0.1) is 5.56 Å². The van der Waals surface area contributed by atoms with Gasteiger partial charge in [0.2, 0.25) is 0 Å². The fourth-order valence-corrected chi connectivity index (χ4v) is 1.49. The van der Waals surface area contributed by atoms with Gasteiger partial charge in [0.15, 0.2) is 0 Å². The SMILES string of the molecule is CC(C)(CCN)NC(=O)c1ccc(O)cc1F. The van der Waals surface area contributed by atoms with Gasteiger partial charge in [-0.3, -0.25) is 4.79 Å². The minimum absolute atomic E-state index is 0.0899. The van der Waals surface area contributed by atoms with Crippen LogP contribution in [0.5, 0.6) is 5.75 Å². The number of nitrogens with one attached hydrogen (secondary N) is 1. The Morgan fingerprint density at radius 1 is 1.53 bits per heavy atom. The summed E-state index contributed by atoms with van der Waals surface area (Å²) < 4.78 is 13.4. The molecule has 0 radical (unpaired) electrons. The molecule has 17 heavy (non-hydrogen) atoms. The zero-order chi connectivity index (χ0) is 13.1. The summed E-state index contributed by atoms with van der Waals surface area (Å²) in [4.78, 5) is 11.8. The van der Waals surface area contributed by atoms with Crippen LogP contribution in [0.4, 0.5) is 4.39 Å². The van der Waals surface area contributed by atoms with Crippen LogP contribution in [0.15, 0.2) is 18.2 Å². The number of hydrogen-bond donors (Lipinski definition) is 3. The number of hydrogen-bond acceptors (Lipinski definition) is 3. The van der Waals surface area contributed by atoms with Crippen molar-refractivity contribution in [1.29, 1.82) is 0 Å². The molecule has 0 bridgehead atoms. The smallest absolute Gasteiger partial charge is 0.254 e. The topological polar surface area (TPSA) is 75.3 Å². The van der Waals surface area contributed by atoms with Crippen LogP contribution in [0.3, 0.4) is 0 Å². The third kappa shape index (κ3) is 3.71. The van der Waals surface area contributed by atoms with Gasteiger partial charge in [-0.1, -0.05) is 0 Å². The Labute approximate surface area is 99.6 Å². The first-order valence-corrected chi connectivity index (χ1v) is 5.37. The average molecular weight is 240 g/mol. The number of amides is 1. The molecule has 0 aromatic heterocycles. The lowest BCUT2D eigenvalue weighted by molar-refractivity contribution is 0.0906. The van der Waals surface area contributed by atoms with E-state index in [4.69, 9.17) is 10.8 Å². The lowest BCUT2D eigenvalue weighted by Gasteiger charge is -2.25. The number of nitrogens with two attached hydrogens (primary N) is 1. The standard InChI is InChI=1S/C12H17FN2O2/c1-12(2,5-6-14)15-11(17)9-4-3-8(16)7-10(9)13/h3-4,7,16H,5-6,14H2,1-2H3,(H,15,17). The van der Waals surface area contributed by atoms with Crippen molar-refractivity contribution < 1.29 is 14.3 Å². The average Bonchev–Trinajstić information content (AvgIpc) is 2.15. The predicted octanol–water partition coefficient (Wildman–Crippen LogP) is 1.39. The molecule has 0 saturated carbocycles. The van der Waals surface area contributed by atoms with Crippen molar-refractivity contribution in [2.24, 2.45) is 5.73 Å². The highest BCUT2D eigenvalue weighted by Crippen LogP contribution is 2.16. The van der Waals surface area contributed by atoms with Crippen LogP contribution in [-0.2, 0) is 0 Å². The lowest BCUT2D eigenvalue weighted by Crippen LogP contribution is -2.45. The molecule has 0 aliphatic rings. The number of carbonyl (C=O) groups excluding carboxylic acids is 1. The molecule has 1 aromatic rings. The number of aromatic hydroxyl groups is 1. The van der Waals surface area contributed by atoms with E-state index in [9.17, 15) is 9.18 Å². The number of phenolic OH excluding ortho intramolecular Hbond substituents is 1. The zero-order valence-electron chi connectivity index (χ0n) is 9.96. The van der Waals surface area contributed by atoms with E-state index in [0.717, 1.165) is 6.07 Å². The van der Waals surface area contributed by atoms with Gasteiger partial charge in [0.1, 0.15) is 11.6 Å². The second-order valence-corrected chi connectivity index (χ2v) is 4.54. The Hall–Kier alpha value is -1.62. The van der Waals surface area contributed by atoms with E-state index < -0.39 is 17.3 Å². The van der Waals surface area contributed by atoms with E-state index in [1.165, 1.54) is 12.1 Å². The number of benzene rings is 1. The highest BCUT2D eigenvalue weighted by molar-refractivity contribution is 5.95. The quantitative estimate of drug-likeness (QED) is 0.744. The first kappa shape index (κ1) is 13.4. The lowest BCUT2D eigenvalue weighted by atomic mass is 10.00. The molecule has 4 N–H and O–H groups in total. The minimum atomic E-state index is -0.744. The molecule has 0 aliphatic carbocycles. The summed E-state index contributed by atoms with van der Waals surface area (Å²) >= 11 is 0. The Morgan fingerprint density at radius 3 is 2.71 bits per heavy atom. The first-order chi connectivity index (χ1) is 7.85. The number of phenols is 1. The van der Waals surface area contributed by atoms with Gasteiger partial charge >= 0.3 is 0 Å². The van der Waals surface area contributed by atoms with E-state index in [1.54, 1.807) is 0 Å². The number of rotatable bonds is 4. The fraction of sp³-hybridized carbons (Fsp3) is 0.417. The van der Waals surface area contributed by atoms with Gasteiger partial charge in [-0.25, -0.2) is 4.39 Å². The van der Waals surface area contributed by atoms with Gasteiger partial charge in [0.25, 0.3) is 5.91 Å². The molecule has 5 heteroatoms. The molecule has 4 nitrogen and oxygen atoms in total. The second kappa shape index (κ2) is 5.14. The van der Waals surface area contributed by atoms with E-state index in [1.807, 2.05) is 13.8 Å². The number of carbonyl (C=O) groups is 1. The zero-order valence-corrected chi connectivity index (χ0v) is 9.96. The molecule has 0 saturated heterocycles. The highest BCUT2D eigenvalue weighted by Gasteiger charge is 2.22. The van der Waals surface area contributed by atoms with Crippen molar-refractivity contribution in [3.05, 3.63) is 29.6 Å². The molecular weight excluding hydrogens is 223 g/mol. The van der Waals surface area contributed by atoms with Crippen LogP contribution in [0.2, 0.25) is 0 Å². The summed E-state index contributed by atoms with van der Waals surface area (Å²) in [6, 6.07) is 3.43. The van der Waals surface area contributed by atoms with Crippen molar-refractivity contribution >= 4 is 5.91 Å². The second-order valence-electron chi connectivity index (χ2n) is 4.54. The molecule has 0 spiro atoms. The van der Waals surface area contributed by atoms with Gasteiger partial charge < -0.3 is 16.2 Å². The normalized spacial score (nSPS) is 11.3. The Morgan fingerprint density at radius 2 is 2.18 bits per heavy atom. The summed E-state index contributed by atoms with van der Waals surface area (Å²) in [6.07, 6.45) is 0.596. The van der Waals surface area contributed by atoms with Crippen molar-refractivity contribution in [3.8, 4) is 5.75 Å². The van der Waals surface area contributed by atoms with Crippen LogP contribution < -0.4 is 11.1 Å². The van der Waals surface area contributed by atoms with Crippen molar-refractivity contribution in [2.45, 2.75) is 25.8 Å². The van der Waals surface area contributed by atoms with E-state index in [-0.39, 0.29) is 11.3 Å². The third-order valence-corrected chi connectivity index (χ3v) is 2.42. The van der Waals surface area contributed by atoms with E-state index in [0.29, 0.717) is 13.0 Å². The fourth-order valence-electron chi connectivity index (χ4n) is 1.49. The monoisotopic (exact) mass is 240 g/mol. The van der Waals surface area contributed by atoms with E-state index in [2.05, 4.69) is 5.32 Å². The molecule has 1 aromatic carbocycles. The maximum atomic E-state index is 13.4. The molecule has 0 fully saturated rings. The molecule has 0 heterocycles. The number of halogens is 1. The maximum absolute atomic E-state index is 13.4. The summed E-state index contributed by atoms with van der Waals surface area (Å²) in [5, 5.41) is 11.7. The molecule has 0 unspecified atom stereocenters. The Kier molecular flexibility index (Phi) is 4.07. The van der Waals surface area contributed by atoms with Gasteiger partial charge in [0, 0.05) is 11.6 Å². The van der Waals surface area contributed by atoms with Gasteiger partial charge in [-0.05, 0) is 38.9 Å². The van der Waals surface area contributed by atoms with Gasteiger partial charge in [-0.15, -0.1) is 0 Å².